The predicted molar refractivity (Wildman–Crippen MR) is 122 cm³/mol. The fraction of sp³-hybridized carbons (Fsp3) is 0.348. The summed E-state index contributed by atoms with van der Waals surface area (Å²) in [5, 5.41) is 21.2. The minimum Gasteiger partial charge on any atom is -0.361 e. The van der Waals surface area contributed by atoms with Crippen molar-refractivity contribution in [1.29, 1.82) is 5.26 Å². The molecule has 9 nitrogen and oxygen atoms in total. The number of pyridine rings is 2. The highest BCUT2D eigenvalue weighted by Crippen LogP contribution is 2.35. The number of benzene rings is 1. The summed E-state index contributed by atoms with van der Waals surface area (Å²) in [6, 6.07) is 11.4. The second kappa shape index (κ2) is 8.26. The lowest BCUT2D eigenvalue weighted by molar-refractivity contribution is -0.385. The summed E-state index contributed by atoms with van der Waals surface area (Å²) >= 11 is 0. The fourth-order valence-corrected chi connectivity index (χ4v) is 4.43. The lowest BCUT2D eigenvalue weighted by Crippen LogP contribution is -2.53. The summed E-state index contributed by atoms with van der Waals surface area (Å²) in [5.41, 5.74) is 0.266. The third-order valence-electron chi connectivity index (χ3n) is 6.43. The number of hydrogen-bond acceptors (Lipinski definition) is 7. The van der Waals surface area contributed by atoms with Gasteiger partial charge >= 0.3 is 11.2 Å². The van der Waals surface area contributed by atoms with Crippen molar-refractivity contribution in [3.63, 3.8) is 0 Å². The molecule has 1 aliphatic rings. The van der Waals surface area contributed by atoms with E-state index in [1.54, 1.807) is 23.1 Å². The highest BCUT2D eigenvalue weighted by molar-refractivity contribution is 5.94. The number of hydrogen-bond donors (Lipinski definition) is 0. The molecule has 3 aromatic rings. The molecule has 0 amide bonds. The van der Waals surface area contributed by atoms with Crippen molar-refractivity contribution in [3.8, 4) is 6.07 Å². The number of aromatic nitrogens is 2. The number of rotatable bonds is 4. The Morgan fingerprint density at radius 2 is 1.76 bits per heavy atom. The number of halogens is 1. The molecular formula is C23H23FN6O3. The van der Waals surface area contributed by atoms with E-state index in [-0.39, 0.29) is 28.3 Å². The molecule has 170 valence electrons. The van der Waals surface area contributed by atoms with Gasteiger partial charge < -0.3 is 9.47 Å². The minimum absolute atomic E-state index is 0.118. The largest absolute Gasteiger partial charge is 0.361 e. The van der Waals surface area contributed by atoms with Crippen LogP contribution in [0.2, 0.25) is 0 Å². The number of anilines is 1. The Kier molecular flexibility index (Phi) is 5.59. The average molecular weight is 450 g/mol. The quantitative estimate of drug-likeness (QED) is 0.444. The van der Waals surface area contributed by atoms with Gasteiger partial charge in [0.05, 0.1) is 10.4 Å². The molecule has 2 aromatic heterocycles. The number of nitro groups is 1. The van der Waals surface area contributed by atoms with Gasteiger partial charge in [0.1, 0.15) is 23.1 Å². The molecule has 1 aliphatic heterocycles. The van der Waals surface area contributed by atoms with E-state index in [1.807, 2.05) is 19.9 Å². The van der Waals surface area contributed by atoms with Crippen LogP contribution in [-0.4, -0.2) is 45.6 Å². The highest BCUT2D eigenvalue weighted by Gasteiger charge is 2.35. The molecule has 1 aromatic carbocycles. The van der Waals surface area contributed by atoms with Crippen LogP contribution in [0.4, 0.5) is 15.8 Å². The second-order valence-corrected chi connectivity index (χ2v) is 8.53. The summed E-state index contributed by atoms with van der Waals surface area (Å²) in [6.45, 7) is 6.07. The van der Waals surface area contributed by atoms with E-state index in [1.165, 1.54) is 29.8 Å². The van der Waals surface area contributed by atoms with Gasteiger partial charge in [0.25, 0.3) is 0 Å². The van der Waals surface area contributed by atoms with Crippen LogP contribution < -0.4 is 10.5 Å². The molecule has 0 radical (unpaired) electrons. The van der Waals surface area contributed by atoms with Gasteiger partial charge in [0, 0.05) is 38.8 Å². The molecule has 1 fully saturated rings. The van der Waals surface area contributed by atoms with Crippen LogP contribution in [0.25, 0.3) is 11.0 Å². The lowest BCUT2D eigenvalue weighted by Gasteiger charge is -2.45. The van der Waals surface area contributed by atoms with Crippen molar-refractivity contribution < 1.29 is 9.31 Å². The van der Waals surface area contributed by atoms with Crippen molar-refractivity contribution in [2.24, 2.45) is 7.05 Å². The molecule has 0 N–H and O–H groups in total. The van der Waals surface area contributed by atoms with Crippen LogP contribution in [0.5, 0.6) is 0 Å². The molecule has 33 heavy (non-hydrogen) atoms. The van der Waals surface area contributed by atoms with E-state index < -0.39 is 16.2 Å². The van der Waals surface area contributed by atoms with Crippen LogP contribution in [0.3, 0.4) is 0 Å². The molecular weight excluding hydrogens is 427 g/mol. The molecule has 3 heterocycles. The Balaban J connectivity index is 1.74. The Morgan fingerprint density at radius 3 is 2.33 bits per heavy atom. The average Bonchev–Trinajstić information content (AvgIpc) is 2.81. The molecule has 1 saturated heterocycles. The van der Waals surface area contributed by atoms with Gasteiger partial charge in [-0.05, 0) is 43.7 Å². The van der Waals surface area contributed by atoms with E-state index in [9.17, 15) is 24.6 Å². The van der Waals surface area contributed by atoms with Crippen LogP contribution in [0, 0.1) is 27.3 Å². The van der Waals surface area contributed by atoms with Gasteiger partial charge in [-0.25, -0.2) is 9.37 Å². The number of nitriles is 1. The van der Waals surface area contributed by atoms with Gasteiger partial charge in [-0.2, -0.15) is 5.26 Å². The van der Waals surface area contributed by atoms with E-state index in [0.717, 1.165) is 5.56 Å². The van der Waals surface area contributed by atoms with E-state index >= 15 is 0 Å². The number of piperazine rings is 1. The molecule has 0 bridgehead atoms. The summed E-state index contributed by atoms with van der Waals surface area (Å²) in [6.07, 6.45) is 0. The first kappa shape index (κ1) is 22.4. The normalized spacial score (nSPS) is 14.9. The van der Waals surface area contributed by atoms with Gasteiger partial charge in [0.2, 0.25) is 0 Å². The zero-order valence-corrected chi connectivity index (χ0v) is 18.6. The fourth-order valence-electron chi connectivity index (χ4n) is 4.43. The maximum Gasteiger partial charge on any atom is 0.359 e. The van der Waals surface area contributed by atoms with Crippen LogP contribution >= 0.6 is 0 Å². The van der Waals surface area contributed by atoms with Gasteiger partial charge in [-0.1, -0.05) is 12.1 Å². The summed E-state index contributed by atoms with van der Waals surface area (Å²) in [5.74, 6) is -0.298. The Hall–Kier alpha value is -3.84. The molecule has 10 heteroatoms. The zero-order valence-electron chi connectivity index (χ0n) is 18.6. The van der Waals surface area contributed by atoms with Crippen LogP contribution in [0.1, 0.15) is 25.1 Å². The summed E-state index contributed by atoms with van der Waals surface area (Å²) in [7, 11) is 1.46. The Bertz CT molecular complexity index is 1340. The van der Waals surface area contributed by atoms with E-state index in [2.05, 4.69) is 9.88 Å². The van der Waals surface area contributed by atoms with E-state index in [0.29, 0.717) is 31.7 Å². The van der Waals surface area contributed by atoms with Gasteiger partial charge in [0.15, 0.2) is 5.69 Å². The minimum atomic E-state index is -0.719. The lowest BCUT2D eigenvalue weighted by atomic mass is 9.91. The first-order chi connectivity index (χ1) is 15.6. The summed E-state index contributed by atoms with van der Waals surface area (Å²) in [4.78, 5) is 32.4. The molecule has 0 atom stereocenters. The third-order valence-corrected chi connectivity index (χ3v) is 6.43. The van der Waals surface area contributed by atoms with Crippen LogP contribution in [0.15, 0.2) is 41.2 Å². The van der Waals surface area contributed by atoms with Gasteiger partial charge in [-0.3, -0.25) is 19.8 Å². The number of aryl methyl sites for hydroxylation is 1. The topological polar surface area (TPSA) is 108 Å². The maximum atomic E-state index is 13.4. The Morgan fingerprint density at radius 1 is 1.12 bits per heavy atom. The van der Waals surface area contributed by atoms with Crippen molar-refractivity contribution in [1.82, 2.24) is 14.5 Å². The maximum absolute atomic E-state index is 13.4. The molecule has 0 spiro atoms. The molecule has 0 aliphatic carbocycles. The monoisotopic (exact) mass is 450 g/mol. The first-order valence-corrected chi connectivity index (χ1v) is 10.5. The predicted octanol–water partition coefficient (Wildman–Crippen LogP) is 2.91. The molecule has 0 saturated carbocycles. The standard InChI is InChI=1S/C23H23FN6O3/c1-23(2,15-4-6-16(24)7-5-15)29-12-10-28(11-13-29)20-19-18(9-8-17(14-25)26-19)27(3)22(31)21(20)30(32)33/h4-9H,10-13H2,1-3H3. The van der Waals surface area contributed by atoms with Crippen molar-refractivity contribution >= 4 is 22.4 Å². The zero-order chi connectivity index (χ0) is 23.9. The SMILES string of the molecule is Cn1c(=O)c([N+](=O)[O-])c(N2CCN(C(C)(C)c3ccc(F)cc3)CC2)c2nc(C#N)ccc21. The van der Waals surface area contributed by atoms with Crippen molar-refractivity contribution in [2.45, 2.75) is 19.4 Å². The van der Waals surface area contributed by atoms with Crippen LogP contribution in [-0.2, 0) is 12.6 Å². The van der Waals surface area contributed by atoms with Crippen molar-refractivity contribution in [3.05, 3.63) is 73.9 Å². The molecule has 0 unspecified atom stereocenters. The third kappa shape index (κ3) is 3.81. The molecule has 4 rings (SSSR count). The van der Waals surface area contributed by atoms with E-state index in [4.69, 9.17) is 0 Å². The second-order valence-electron chi connectivity index (χ2n) is 8.53. The summed E-state index contributed by atoms with van der Waals surface area (Å²) < 4.78 is 14.6. The van der Waals surface area contributed by atoms with Crippen molar-refractivity contribution in [2.75, 3.05) is 31.1 Å². The first-order valence-electron chi connectivity index (χ1n) is 10.5. The van der Waals surface area contributed by atoms with Gasteiger partial charge in [-0.15, -0.1) is 0 Å². The highest BCUT2D eigenvalue weighted by atomic mass is 19.1. The Labute approximate surface area is 189 Å². The smallest absolute Gasteiger partial charge is 0.359 e. The number of fused-ring (bicyclic) bond motifs is 1. The number of nitrogens with zero attached hydrogens (tertiary/aromatic N) is 6.